The maximum Gasteiger partial charge on any atom is 0.0651 e. The Morgan fingerprint density at radius 3 is 1.50 bits per heavy atom. The van der Waals surface area contributed by atoms with Gasteiger partial charge in [0.1, 0.15) is 0 Å². The fraction of sp³-hybridized carbons (Fsp3) is 0. The normalized spacial score (nSPS) is 17.7. The van der Waals surface area contributed by atoms with Crippen LogP contribution in [0.15, 0.2) is 230 Å². The van der Waals surface area contributed by atoms with Crippen LogP contribution in [-0.4, -0.2) is 4.57 Å². The first-order chi connectivity index (χ1) is 38.6. The summed E-state index contributed by atoms with van der Waals surface area (Å²) >= 11 is 0. The Hall–Kier alpha value is -7.42. The van der Waals surface area contributed by atoms with Crippen molar-refractivity contribution in [1.29, 1.82) is 0 Å². The molecule has 264 valence electrons. The summed E-state index contributed by atoms with van der Waals surface area (Å²) in [5, 5.41) is 1.32. The number of nitrogens with zero attached hydrogens (tertiary/aromatic N) is 2. The van der Waals surface area contributed by atoms with E-state index in [1.807, 2.05) is 53.1 Å². The van der Waals surface area contributed by atoms with E-state index >= 15 is 0 Å². The zero-order valence-corrected chi connectivity index (χ0v) is 28.8. The second-order valence-corrected chi connectivity index (χ2v) is 12.2. The van der Waals surface area contributed by atoms with E-state index in [-0.39, 0.29) is 11.1 Å². The molecule has 10 rings (SSSR count). The Balaban J connectivity index is 1.32. The predicted octanol–water partition coefficient (Wildman–Crippen LogP) is 14.9. The van der Waals surface area contributed by atoms with Gasteiger partial charge >= 0.3 is 0 Å². The summed E-state index contributed by atoms with van der Waals surface area (Å²) in [5.41, 5.74) is -5.94. The van der Waals surface area contributed by atoms with Crippen molar-refractivity contribution in [3.05, 3.63) is 230 Å². The van der Waals surface area contributed by atoms with Crippen LogP contribution >= 0.6 is 0 Å². The van der Waals surface area contributed by atoms with Gasteiger partial charge < -0.3 is 9.47 Å². The number of hydrogen-bond donors (Lipinski definition) is 0. The zero-order chi connectivity index (χ0) is 59.9. The molecule has 0 radical (unpaired) electrons. The van der Waals surface area contributed by atoms with Crippen LogP contribution in [0.3, 0.4) is 0 Å². The van der Waals surface area contributed by atoms with Gasteiger partial charge in [0, 0.05) is 33.5 Å². The van der Waals surface area contributed by atoms with E-state index in [2.05, 4.69) is 0 Å². The first-order valence-electron chi connectivity index (χ1n) is 30.1. The third-order valence-corrected chi connectivity index (χ3v) is 8.86. The predicted molar refractivity (Wildman–Crippen MR) is 237 cm³/mol. The van der Waals surface area contributed by atoms with Gasteiger partial charge in [0.25, 0.3) is 0 Å². The summed E-state index contributed by atoms with van der Waals surface area (Å²) in [6.07, 6.45) is 0. The molecule has 0 bridgehead atoms. The molecule has 0 spiro atoms. The molecule has 56 heavy (non-hydrogen) atoms. The molecule has 1 heterocycles. The minimum Gasteiger partial charge on any atom is -0.310 e. The summed E-state index contributed by atoms with van der Waals surface area (Å²) in [4.78, 5) is 0.493. The van der Waals surface area contributed by atoms with Gasteiger partial charge in [-0.2, -0.15) is 0 Å². The average Bonchev–Trinajstić information content (AvgIpc) is 3.86. The minimum absolute atomic E-state index is 0.101. The van der Waals surface area contributed by atoms with Crippen LogP contribution in [0.25, 0.3) is 72.0 Å². The van der Waals surface area contributed by atoms with E-state index < -0.39 is 208 Å². The maximum absolute atomic E-state index is 9.99. The van der Waals surface area contributed by atoms with Gasteiger partial charge in [0.15, 0.2) is 0 Å². The summed E-state index contributed by atoms with van der Waals surface area (Å²) in [6.45, 7) is 0. The van der Waals surface area contributed by atoms with Crippen molar-refractivity contribution in [3.8, 4) is 50.2 Å². The van der Waals surface area contributed by atoms with Crippen LogP contribution in [0.2, 0.25) is 0 Å². The van der Waals surface area contributed by atoms with Crippen molar-refractivity contribution in [2.24, 2.45) is 0 Å². The Bertz CT molecular complexity index is 4360. The zero-order valence-electron chi connectivity index (χ0n) is 54.8. The number of rotatable bonds is 8. The third kappa shape index (κ3) is 6.24. The van der Waals surface area contributed by atoms with Gasteiger partial charge in [-0.05, 0) is 117 Å². The van der Waals surface area contributed by atoms with Crippen LogP contribution in [0, 0.1) is 0 Å². The minimum atomic E-state index is -1.20. The van der Waals surface area contributed by atoms with Crippen LogP contribution in [0.4, 0.5) is 17.1 Å². The highest BCUT2D eigenvalue weighted by Gasteiger charge is 2.17. The number of anilines is 3. The van der Waals surface area contributed by atoms with Crippen molar-refractivity contribution >= 4 is 38.9 Å². The van der Waals surface area contributed by atoms with Crippen LogP contribution < -0.4 is 4.90 Å². The standard InChI is InChI=1S/C54H38N2/c1-4-14-39(15-5-1)41-26-31-48(32-27-41)55(49-33-28-42(29-34-49)44-19-12-18-43(36-44)40-16-6-2-7-17-40)50-23-13-20-45(37-50)46-30-35-54-52(38-46)51-24-10-11-25-53(51)56(54)47-21-8-3-9-22-47/h1-38H/i1D,2D,4D,5D,6D,7D,12D,13D,14D,15D,16D,17D,18D,19D,20D,23D,26D,27D,28D,29D,31D,32D,33D,34D,36D,37D. The summed E-state index contributed by atoms with van der Waals surface area (Å²) in [5.74, 6) is 0. The molecule has 0 atom stereocenters. The van der Waals surface area contributed by atoms with Crippen molar-refractivity contribution in [3.63, 3.8) is 0 Å². The fourth-order valence-electron chi connectivity index (χ4n) is 6.34. The Labute approximate surface area is 364 Å². The molecule has 0 aliphatic heterocycles. The molecule has 0 saturated heterocycles. The molecular formula is C54H38N2. The summed E-state index contributed by atoms with van der Waals surface area (Å²) in [7, 11) is 0. The number of para-hydroxylation sites is 2. The summed E-state index contributed by atoms with van der Waals surface area (Å²) in [6, 6.07) is -4.10. The van der Waals surface area contributed by atoms with Crippen LogP contribution in [0.5, 0.6) is 0 Å². The van der Waals surface area contributed by atoms with Crippen molar-refractivity contribution in [1.82, 2.24) is 4.57 Å². The second kappa shape index (κ2) is 14.4. The number of benzene rings is 9. The molecule has 0 fully saturated rings. The SMILES string of the molecule is [2H]c1c([2H])c([2H])c(-c2c([2H])c([2H])c(N(c3c([2H])c([2H])c(-c4c([2H])c([2H])c([2H])c(-c5c([2H])c([2H])c([2H])c([2H])c5[2H])c4[2H])c([2H])c3[2H])c3c([2H])c([2H])c([2H])c(-c4ccc5c(c4)c4ccccc4n5-c4ccccc4)c3[2H])c([2H])c2[2H])c([2H])c1[2H]. The lowest BCUT2D eigenvalue weighted by atomic mass is 9.98. The maximum atomic E-state index is 9.99. The van der Waals surface area contributed by atoms with Gasteiger partial charge in [-0.3, -0.25) is 0 Å². The lowest BCUT2D eigenvalue weighted by Crippen LogP contribution is -2.10. The first-order valence-corrected chi connectivity index (χ1v) is 17.1. The highest BCUT2D eigenvalue weighted by molar-refractivity contribution is 6.10. The van der Waals surface area contributed by atoms with Gasteiger partial charge in [0.05, 0.1) is 46.7 Å². The van der Waals surface area contributed by atoms with Crippen LogP contribution in [0.1, 0.15) is 35.6 Å². The number of hydrogen-bond acceptors (Lipinski definition) is 1. The van der Waals surface area contributed by atoms with Gasteiger partial charge in [0.2, 0.25) is 0 Å². The molecule has 2 nitrogen and oxygen atoms in total. The molecule has 10 aromatic rings. The van der Waals surface area contributed by atoms with Gasteiger partial charge in [-0.15, -0.1) is 0 Å². The molecular weight excluding hydrogens is 677 g/mol. The molecule has 0 saturated carbocycles. The largest absolute Gasteiger partial charge is 0.310 e. The van der Waals surface area contributed by atoms with Gasteiger partial charge in [-0.1, -0.05) is 157 Å². The smallest absolute Gasteiger partial charge is 0.0651 e. The van der Waals surface area contributed by atoms with Crippen LogP contribution in [-0.2, 0) is 0 Å². The third-order valence-electron chi connectivity index (χ3n) is 8.86. The van der Waals surface area contributed by atoms with E-state index in [0.29, 0.717) is 15.8 Å². The Morgan fingerprint density at radius 1 is 0.339 bits per heavy atom. The lowest BCUT2D eigenvalue weighted by molar-refractivity contribution is 1.18. The quantitative estimate of drug-likeness (QED) is 0.151. The molecule has 9 aromatic carbocycles. The van der Waals surface area contributed by atoms with Gasteiger partial charge in [-0.25, -0.2) is 0 Å². The second-order valence-electron chi connectivity index (χ2n) is 12.2. The summed E-state index contributed by atoms with van der Waals surface area (Å²) < 4.78 is 236. The molecule has 0 amide bonds. The van der Waals surface area contributed by atoms with E-state index in [1.165, 1.54) is 6.07 Å². The molecule has 0 aliphatic rings. The molecule has 0 unspecified atom stereocenters. The first kappa shape index (κ1) is 15.7. The highest BCUT2D eigenvalue weighted by atomic mass is 15.1. The van der Waals surface area contributed by atoms with E-state index in [4.69, 9.17) is 17.8 Å². The lowest BCUT2D eigenvalue weighted by Gasteiger charge is -2.26. The number of fused-ring (bicyclic) bond motifs is 3. The molecule has 2 heteroatoms. The van der Waals surface area contributed by atoms with Crippen molar-refractivity contribution in [2.45, 2.75) is 0 Å². The Kier molecular flexibility index (Phi) is 4.06. The average molecular weight is 741 g/mol. The Morgan fingerprint density at radius 2 is 0.839 bits per heavy atom. The monoisotopic (exact) mass is 740 g/mol. The molecule has 0 aliphatic carbocycles. The van der Waals surface area contributed by atoms with E-state index in [1.54, 1.807) is 18.2 Å². The van der Waals surface area contributed by atoms with E-state index in [9.17, 15) is 17.8 Å². The molecule has 0 N–H and O–H groups in total. The number of aromatic nitrogens is 1. The highest BCUT2D eigenvalue weighted by Crippen LogP contribution is 2.40. The van der Waals surface area contributed by atoms with Crippen molar-refractivity contribution < 1.29 is 35.6 Å². The molecule has 1 aromatic heterocycles. The van der Waals surface area contributed by atoms with Crippen molar-refractivity contribution in [2.75, 3.05) is 4.90 Å². The van der Waals surface area contributed by atoms with E-state index in [0.717, 1.165) is 16.6 Å². The fourth-order valence-corrected chi connectivity index (χ4v) is 6.34. The topological polar surface area (TPSA) is 8.17 Å².